The molecule has 0 bridgehead atoms. The van der Waals surface area contributed by atoms with Crippen LogP contribution in [0.5, 0.6) is 11.6 Å². The van der Waals surface area contributed by atoms with Gasteiger partial charge in [0.15, 0.2) is 11.4 Å². The van der Waals surface area contributed by atoms with Gasteiger partial charge in [0.2, 0.25) is 5.88 Å². The number of hydrogen-bond acceptors (Lipinski definition) is 6. The van der Waals surface area contributed by atoms with Crippen LogP contribution in [0.1, 0.15) is 16.2 Å². The minimum Gasteiger partial charge on any atom is -0.505 e. The summed E-state index contributed by atoms with van der Waals surface area (Å²) in [6.45, 7) is 1.61. The van der Waals surface area contributed by atoms with Crippen LogP contribution in [0.4, 0.5) is 0 Å². The fourth-order valence-electron chi connectivity index (χ4n) is 1.28. The first-order chi connectivity index (χ1) is 7.02. The molecule has 0 unspecified atom stereocenters. The highest BCUT2D eigenvalue weighted by Gasteiger charge is 2.21. The van der Waals surface area contributed by atoms with Crippen molar-refractivity contribution in [3.8, 4) is 11.6 Å². The molecule has 2 rings (SSSR count). The molecule has 15 heavy (non-hydrogen) atoms. The van der Waals surface area contributed by atoms with E-state index in [-0.39, 0.29) is 10.1 Å². The molecular weight excluding hydrogens is 220 g/mol. The molecule has 0 atom stereocenters. The molecule has 0 fully saturated rings. The summed E-state index contributed by atoms with van der Waals surface area (Å²) in [6, 6.07) is 0. The van der Waals surface area contributed by atoms with Crippen molar-refractivity contribution in [3.63, 3.8) is 0 Å². The number of rotatable bonds is 1. The number of carboxylic acid groups (broad SMARTS) is 1. The fraction of sp³-hybridized carbons (Fsp3) is 0.125. The van der Waals surface area contributed by atoms with Gasteiger partial charge in [0.25, 0.3) is 0 Å². The van der Waals surface area contributed by atoms with Crippen LogP contribution in [0.25, 0.3) is 10.1 Å². The van der Waals surface area contributed by atoms with Crippen molar-refractivity contribution in [1.29, 1.82) is 0 Å². The Kier molecular flexibility index (Phi) is 1.97. The average molecular weight is 226 g/mol. The molecule has 0 aliphatic heterocycles. The molecule has 0 aromatic carbocycles. The molecule has 0 radical (unpaired) electrons. The van der Waals surface area contributed by atoms with Gasteiger partial charge in [-0.15, -0.1) is 0 Å². The predicted molar refractivity (Wildman–Crippen MR) is 52.4 cm³/mol. The molecule has 0 saturated heterocycles. The van der Waals surface area contributed by atoms with E-state index in [1.807, 2.05) is 0 Å². The second-order valence-electron chi connectivity index (χ2n) is 2.91. The summed E-state index contributed by atoms with van der Waals surface area (Å²) < 4.78 is 4.19. The fourth-order valence-corrected chi connectivity index (χ4v) is 2.06. The first-order valence-corrected chi connectivity index (χ1v) is 4.71. The van der Waals surface area contributed by atoms with Crippen LogP contribution in [0.2, 0.25) is 0 Å². The molecule has 6 nitrogen and oxygen atoms in total. The van der Waals surface area contributed by atoms with E-state index in [2.05, 4.69) is 9.36 Å². The molecular formula is C8H6N2O4S. The highest BCUT2D eigenvalue weighted by atomic mass is 32.1. The molecule has 7 heteroatoms. The summed E-state index contributed by atoms with van der Waals surface area (Å²) in [5, 5.41) is 28.0. The standard InChI is InChI=1S/C8H6N2O4S/c1-2-3-5(11)4(8(13)14)9-7(12)6(3)15-10-2/h11H,1H3,(H,9,12)(H,13,14). The lowest BCUT2D eigenvalue weighted by molar-refractivity contribution is 0.0686. The zero-order valence-electron chi connectivity index (χ0n) is 7.55. The smallest absolute Gasteiger partial charge is 0.358 e. The monoisotopic (exact) mass is 226 g/mol. The minimum absolute atomic E-state index is 0.241. The minimum atomic E-state index is -1.39. The molecule has 0 spiro atoms. The molecule has 2 aromatic rings. The van der Waals surface area contributed by atoms with Crippen molar-refractivity contribution in [1.82, 2.24) is 9.36 Å². The van der Waals surface area contributed by atoms with Gasteiger partial charge in [-0.1, -0.05) is 0 Å². The van der Waals surface area contributed by atoms with Crippen molar-refractivity contribution < 1.29 is 20.1 Å². The van der Waals surface area contributed by atoms with E-state index >= 15 is 0 Å². The molecule has 3 N–H and O–H groups in total. The van der Waals surface area contributed by atoms with Gasteiger partial charge in [-0.3, -0.25) is 0 Å². The molecule has 2 heterocycles. The molecule has 0 amide bonds. The van der Waals surface area contributed by atoms with Crippen molar-refractivity contribution >= 4 is 27.6 Å². The van der Waals surface area contributed by atoms with Gasteiger partial charge in [0.1, 0.15) is 4.70 Å². The summed E-state index contributed by atoms with van der Waals surface area (Å²) in [6.07, 6.45) is 0. The Labute approximate surface area is 87.6 Å². The largest absolute Gasteiger partial charge is 0.505 e. The number of nitrogens with zero attached hydrogens (tertiary/aromatic N) is 2. The van der Waals surface area contributed by atoms with E-state index < -0.39 is 23.3 Å². The first-order valence-electron chi connectivity index (χ1n) is 3.93. The average Bonchev–Trinajstić information content (AvgIpc) is 2.54. The summed E-state index contributed by atoms with van der Waals surface area (Å²) >= 11 is 0.960. The third-order valence-electron chi connectivity index (χ3n) is 1.95. The Morgan fingerprint density at radius 2 is 2.07 bits per heavy atom. The maximum atomic E-state index is 10.7. The number of hydrogen-bond donors (Lipinski definition) is 3. The van der Waals surface area contributed by atoms with E-state index in [1.165, 1.54) is 0 Å². The zero-order valence-corrected chi connectivity index (χ0v) is 8.37. The first kappa shape index (κ1) is 9.66. The van der Waals surface area contributed by atoms with Crippen molar-refractivity contribution in [3.05, 3.63) is 11.4 Å². The van der Waals surface area contributed by atoms with Gasteiger partial charge in [0, 0.05) is 0 Å². The van der Waals surface area contributed by atoms with Gasteiger partial charge in [-0.25, -0.2) is 9.78 Å². The summed E-state index contributed by atoms with van der Waals surface area (Å²) in [4.78, 5) is 14.1. The Balaban J connectivity index is 2.94. The van der Waals surface area contributed by atoms with Gasteiger partial charge in [-0.05, 0) is 18.5 Å². The van der Waals surface area contributed by atoms with Gasteiger partial charge < -0.3 is 15.3 Å². The second kappa shape index (κ2) is 3.06. The lowest BCUT2D eigenvalue weighted by atomic mass is 10.2. The maximum absolute atomic E-state index is 10.7. The van der Waals surface area contributed by atoms with Gasteiger partial charge >= 0.3 is 5.97 Å². The maximum Gasteiger partial charge on any atom is 0.358 e. The highest BCUT2D eigenvalue weighted by molar-refractivity contribution is 7.13. The Morgan fingerprint density at radius 1 is 1.40 bits per heavy atom. The third-order valence-corrected chi connectivity index (χ3v) is 2.88. The van der Waals surface area contributed by atoms with E-state index in [4.69, 9.17) is 5.11 Å². The van der Waals surface area contributed by atoms with E-state index in [9.17, 15) is 15.0 Å². The van der Waals surface area contributed by atoms with E-state index in [0.29, 0.717) is 5.69 Å². The van der Waals surface area contributed by atoms with Crippen LogP contribution in [-0.2, 0) is 0 Å². The van der Waals surface area contributed by atoms with Crippen LogP contribution in [0, 0.1) is 6.92 Å². The SMILES string of the molecule is Cc1nsc2c(O)nc(C(=O)O)c(O)c12. The third kappa shape index (κ3) is 1.28. The van der Waals surface area contributed by atoms with E-state index in [0.717, 1.165) is 11.5 Å². The number of pyridine rings is 1. The zero-order chi connectivity index (χ0) is 11.2. The molecule has 2 aromatic heterocycles. The molecule has 0 aliphatic rings. The normalized spacial score (nSPS) is 10.7. The van der Waals surface area contributed by atoms with Gasteiger partial charge in [-0.2, -0.15) is 4.37 Å². The number of aromatic carboxylic acids is 1. The van der Waals surface area contributed by atoms with Crippen LogP contribution in [0.3, 0.4) is 0 Å². The van der Waals surface area contributed by atoms with Crippen LogP contribution in [-0.4, -0.2) is 30.6 Å². The molecule has 0 aliphatic carbocycles. The Bertz CT molecular complexity index is 563. The Hall–Kier alpha value is -1.89. The lowest BCUT2D eigenvalue weighted by Gasteiger charge is -2.01. The van der Waals surface area contributed by atoms with Crippen LogP contribution in [0.15, 0.2) is 0 Å². The predicted octanol–water partition coefficient (Wildman–Crippen LogP) is 1.11. The lowest BCUT2D eigenvalue weighted by Crippen LogP contribution is -2.00. The summed E-state index contributed by atoms with van der Waals surface area (Å²) in [5.74, 6) is -2.28. The van der Waals surface area contributed by atoms with Crippen LogP contribution >= 0.6 is 11.5 Å². The van der Waals surface area contributed by atoms with Crippen molar-refractivity contribution in [2.24, 2.45) is 0 Å². The Morgan fingerprint density at radius 3 is 2.67 bits per heavy atom. The van der Waals surface area contributed by atoms with Crippen LogP contribution < -0.4 is 0 Å². The summed E-state index contributed by atoms with van der Waals surface area (Å²) in [7, 11) is 0. The second-order valence-corrected chi connectivity index (χ2v) is 3.68. The highest BCUT2D eigenvalue weighted by Crippen LogP contribution is 2.37. The molecule has 78 valence electrons. The number of aryl methyl sites for hydroxylation is 1. The number of aromatic nitrogens is 2. The summed E-state index contributed by atoms with van der Waals surface area (Å²) in [5.41, 5.74) is -0.101. The number of carbonyl (C=O) groups is 1. The van der Waals surface area contributed by atoms with Crippen molar-refractivity contribution in [2.45, 2.75) is 6.92 Å². The van der Waals surface area contributed by atoms with Crippen molar-refractivity contribution in [2.75, 3.05) is 0 Å². The number of aromatic hydroxyl groups is 2. The number of carboxylic acids is 1. The quantitative estimate of drug-likeness (QED) is 0.672. The molecule has 0 saturated carbocycles. The van der Waals surface area contributed by atoms with E-state index in [1.54, 1.807) is 6.92 Å². The van der Waals surface area contributed by atoms with Gasteiger partial charge in [0.05, 0.1) is 11.1 Å². The number of fused-ring (bicyclic) bond motifs is 1. The topological polar surface area (TPSA) is 104 Å².